The number of nitrogens with one attached hydrogen (secondary N) is 1. The summed E-state index contributed by atoms with van der Waals surface area (Å²) >= 11 is 3.48. The fourth-order valence-corrected chi connectivity index (χ4v) is 3.62. The van der Waals surface area contributed by atoms with E-state index in [1.807, 2.05) is 43.3 Å². The van der Waals surface area contributed by atoms with Gasteiger partial charge in [0.2, 0.25) is 0 Å². The molecule has 0 aliphatic heterocycles. The van der Waals surface area contributed by atoms with Crippen LogP contribution in [0, 0.1) is 0 Å². The summed E-state index contributed by atoms with van der Waals surface area (Å²) in [6, 6.07) is 17.1. The van der Waals surface area contributed by atoms with Crippen LogP contribution in [0.5, 0.6) is 11.5 Å². The lowest BCUT2D eigenvalue weighted by molar-refractivity contribution is 0.0929. The van der Waals surface area contributed by atoms with Gasteiger partial charge in [-0.15, -0.1) is 0 Å². The van der Waals surface area contributed by atoms with E-state index in [4.69, 9.17) is 13.9 Å². The number of hydrogen-bond donors (Lipinski definition) is 1. The molecule has 152 valence electrons. The van der Waals surface area contributed by atoms with Gasteiger partial charge in [-0.2, -0.15) is 5.10 Å². The summed E-state index contributed by atoms with van der Waals surface area (Å²) in [6.45, 7) is 2.43. The monoisotopic (exact) mass is 466 g/mol. The fraction of sp³-hybridized carbons (Fsp3) is 0.130. The lowest BCUT2D eigenvalue weighted by atomic mass is 10.1. The molecular weight excluding hydrogens is 448 g/mol. The predicted octanol–water partition coefficient (Wildman–Crippen LogP) is 5.52. The van der Waals surface area contributed by atoms with Crippen molar-refractivity contribution in [1.29, 1.82) is 0 Å². The molecule has 0 aliphatic carbocycles. The molecule has 1 N–H and O–H groups in total. The topological polar surface area (TPSA) is 73.1 Å². The number of furan rings is 1. The summed E-state index contributed by atoms with van der Waals surface area (Å²) in [4.78, 5) is 12.5. The summed E-state index contributed by atoms with van der Waals surface area (Å²) < 4.78 is 17.4. The molecule has 0 radical (unpaired) electrons. The van der Waals surface area contributed by atoms with E-state index in [0.29, 0.717) is 23.7 Å². The number of amides is 1. The van der Waals surface area contributed by atoms with Gasteiger partial charge in [-0.1, -0.05) is 30.3 Å². The fourth-order valence-electron chi connectivity index (χ4n) is 3.20. The van der Waals surface area contributed by atoms with Crippen molar-refractivity contribution in [2.45, 2.75) is 6.92 Å². The minimum atomic E-state index is -0.430. The van der Waals surface area contributed by atoms with Crippen molar-refractivity contribution < 1.29 is 18.7 Å². The van der Waals surface area contributed by atoms with E-state index in [1.54, 1.807) is 25.3 Å². The van der Waals surface area contributed by atoms with Crippen LogP contribution in [0.1, 0.15) is 23.0 Å². The highest BCUT2D eigenvalue weighted by molar-refractivity contribution is 9.10. The largest absolute Gasteiger partial charge is 0.493 e. The summed E-state index contributed by atoms with van der Waals surface area (Å²) in [5.74, 6) is 0.974. The molecule has 1 aromatic heterocycles. The molecule has 0 spiro atoms. The number of rotatable bonds is 6. The van der Waals surface area contributed by atoms with Crippen molar-refractivity contribution in [1.82, 2.24) is 5.43 Å². The van der Waals surface area contributed by atoms with E-state index < -0.39 is 5.91 Å². The van der Waals surface area contributed by atoms with Crippen molar-refractivity contribution >= 4 is 49.8 Å². The smallest absolute Gasteiger partial charge is 0.307 e. The Bertz CT molecular complexity index is 1260. The Morgan fingerprint density at radius 1 is 1.13 bits per heavy atom. The Labute approximate surface area is 181 Å². The Morgan fingerprint density at radius 2 is 1.97 bits per heavy atom. The summed E-state index contributed by atoms with van der Waals surface area (Å²) in [5.41, 5.74) is 3.89. The van der Waals surface area contributed by atoms with Crippen molar-refractivity contribution in [2.75, 3.05) is 13.7 Å². The molecule has 0 atom stereocenters. The number of methoxy groups -OCH3 is 1. The van der Waals surface area contributed by atoms with Gasteiger partial charge in [0.1, 0.15) is 5.58 Å². The molecule has 1 amide bonds. The molecule has 0 saturated heterocycles. The van der Waals surface area contributed by atoms with Crippen LogP contribution < -0.4 is 14.9 Å². The third-order valence-electron chi connectivity index (χ3n) is 4.60. The van der Waals surface area contributed by atoms with Gasteiger partial charge in [-0.05, 0) is 57.9 Å². The highest BCUT2D eigenvalue weighted by atomic mass is 79.9. The maximum Gasteiger partial charge on any atom is 0.307 e. The highest BCUT2D eigenvalue weighted by Crippen LogP contribution is 2.33. The molecule has 0 unspecified atom stereocenters. The number of carbonyl (C=O) groups excluding carboxylic acids is 1. The molecule has 7 heteroatoms. The molecule has 1 heterocycles. The minimum absolute atomic E-state index is 0.196. The molecule has 0 saturated carbocycles. The van der Waals surface area contributed by atoms with Gasteiger partial charge in [-0.25, -0.2) is 5.43 Å². The Kier molecular flexibility index (Phi) is 5.72. The van der Waals surface area contributed by atoms with Crippen LogP contribution in [-0.4, -0.2) is 25.8 Å². The van der Waals surface area contributed by atoms with Crippen LogP contribution in [0.3, 0.4) is 0 Å². The number of fused-ring (bicyclic) bond motifs is 3. The van der Waals surface area contributed by atoms with Crippen LogP contribution in [0.25, 0.3) is 21.7 Å². The number of carbonyl (C=O) groups is 1. The number of hydrazone groups is 1. The molecule has 3 aromatic carbocycles. The molecule has 30 heavy (non-hydrogen) atoms. The number of ether oxygens (including phenoxy) is 2. The van der Waals surface area contributed by atoms with Gasteiger partial charge < -0.3 is 13.9 Å². The maximum absolute atomic E-state index is 12.5. The van der Waals surface area contributed by atoms with E-state index in [1.165, 1.54) is 6.21 Å². The van der Waals surface area contributed by atoms with Crippen LogP contribution in [0.4, 0.5) is 0 Å². The van der Waals surface area contributed by atoms with Crippen molar-refractivity contribution in [3.05, 3.63) is 70.4 Å². The lowest BCUT2D eigenvalue weighted by Gasteiger charge is -2.11. The minimum Gasteiger partial charge on any atom is -0.493 e. The zero-order valence-corrected chi connectivity index (χ0v) is 18.0. The zero-order chi connectivity index (χ0) is 21.1. The zero-order valence-electron chi connectivity index (χ0n) is 16.4. The van der Waals surface area contributed by atoms with Gasteiger partial charge in [0.25, 0.3) is 0 Å². The summed E-state index contributed by atoms with van der Waals surface area (Å²) in [5, 5.41) is 7.06. The Morgan fingerprint density at radius 3 is 2.77 bits per heavy atom. The lowest BCUT2D eigenvalue weighted by Crippen LogP contribution is -2.16. The standard InChI is InChI=1S/C23H19BrN2O4/c1-3-29-21-12-18(24)15(10-20(21)28-2)13-25-26-23(27)22-11-17-16-7-5-4-6-14(16)8-9-19(17)30-22/h4-13H,3H2,1-2H3,(H,26,27)/b25-13-. The van der Waals surface area contributed by atoms with Crippen LogP contribution in [0.2, 0.25) is 0 Å². The van der Waals surface area contributed by atoms with E-state index in [9.17, 15) is 4.79 Å². The molecule has 0 aliphatic rings. The molecule has 4 rings (SSSR count). The van der Waals surface area contributed by atoms with E-state index >= 15 is 0 Å². The highest BCUT2D eigenvalue weighted by Gasteiger charge is 2.14. The second-order valence-electron chi connectivity index (χ2n) is 6.47. The molecule has 0 bridgehead atoms. The third kappa shape index (κ3) is 3.89. The van der Waals surface area contributed by atoms with Crippen LogP contribution in [0.15, 0.2) is 68.6 Å². The second-order valence-corrected chi connectivity index (χ2v) is 7.32. The first-order chi connectivity index (χ1) is 14.6. The average molecular weight is 467 g/mol. The first kappa shape index (κ1) is 20.0. The average Bonchev–Trinajstić information content (AvgIpc) is 3.20. The third-order valence-corrected chi connectivity index (χ3v) is 5.29. The number of benzene rings is 3. The number of nitrogens with zero attached hydrogens (tertiary/aromatic N) is 1. The predicted molar refractivity (Wildman–Crippen MR) is 121 cm³/mol. The SMILES string of the molecule is CCOc1cc(Br)c(/C=N\NC(=O)c2cc3c(ccc4ccccc43)o2)cc1OC. The van der Waals surface area contributed by atoms with Gasteiger partial charge >= 0.3 is 5.91 Å². The molecular formula is C23H19BrN2O4. The maximum atomic E-state index is 12.5. The second kappa shape index (κ2) is 8.59. The Hall–Kier alpha value is -3.32. The summed E-state index contributed by atoms with van der Waals surface area (Å²) in [7, 11) is 1.57. The summed E-state index contributed by atoms with van der Waals surface area (Å²) in [6.07, 6.45) is 1.53. The Balaban J connectivity index is 1.55. The first-order valence-corrected chi connectivity index (χ1v) is 10.1. The van der Waals surface area contributed by atoms with Crippen molar-refractivity contribution in [3.8, 4) is 11.5 Å². The number of hydrogen-bond acceptors (Lipinski definition) is 5. The molecule has 4 aromatic rings. The van der Waals surface area contributed by atoms with E-state index in [-0.39, 0.29) is 5.76 Å². The van der Waals surface area contributed by atoms with Gasteiger partial charge in [0.05, 0.1) is 19.9 Å². The quantitative estimate of drug-likeness (QED) is 0.300. The number of halogens is 1. The van der Waals surface area contributed by atoms with Gasteiger partial charge in [0.15, 0.2) is 17.3 Å². The molecule has 0 fully saturated rings. The van der Waals surface area contributed by atoms with Crippen molar-refractivity contribution in [2.24, 2.45) is 5.10 Å². The first-order valence-electron chi connectivity index (χ1n) is 9.35. The van der Waals surface area contributed by atoms with Gasteiger partial charge in [0, 0.05) is 15.4 Å². The molecule has 6 nitrogen and oxygen atoms in total. The van der Waals surface area contributed by atoms with E-state index in [2.05, 4.69) is 26.5 Å². The van der Waals surface area contributed by atoms with Crippen molar-refractivity contribution in [3.63, 3.8) is 0 Å². The van der Waals surface area contributed by atoms with Crippen LogP contribution >= 0.6 is 15.9 Å². The van der Waals surface area contributed by atoms with E-state index in [0.717, 1.165) is 26.2 Å². The van der Waals surface area contributed by atoms with Crippen LogP contribution in [-0.2, 0) is 0 Å². The van der Waals surface area contributed by atoms with Gasteiger partial charge in [-0.3, -0.25) is 4.79 Å². The normalized spacial score (nSPS) is 11.3.